The molecule has 1 aromatic rings. The van der Waals surface area contributed by atoms with E-state index in [4.69, 9.17) is 0 Å². The Morgan fingerprint density at radius 1 is 1.23 bits per heavy atom. The average molecular weight is 467 g/mol. The van der Waals surface area contributed by atoms with Crippen molar-refractivity contribution in [2.75, 3.05) is 43.2 Å². The Balaban J connectivity index is 1.62. The van der Waals surface area contributed by atoms with Crippen molar-refractivity contribution in [1.29, 1.82) is 0 Å². The smallest absolute Gasteiger partial charge is 0.248 e. The number of anilines is 2. The van der Waals surface area contributed by atoms with E-state index >= 15 is 0 Å². The molecule has 1 aromatic carbocycles. The van der Waals surface area contributed by atoms with Crippen LogP contribution in [0.2, 0.25) is 0 Å². The summed E-state index contributed by atoms with van der Waals surface area (Å²) in [6.07, 6.45) is 3.97. The second-order valence-corrected chi connectivity index (χ2v) is 12.2. The van der Waals surface area contributed by atoms with Gasteiger partial charge in [-0.15, -0.1) is 11.8 Å². The summed E-state index contributed by atoms with van der Waals surface area (Å²) in [4.78, 5) is 29.0. The van der Waals surface area contributed by atoms with Crippen LogP contribution in [0.5, 0.6) is 0 Å². The van der Waals surface area contributed by atoms with Gasteiger partial charge in [0.2, 0.25) is 21.8 Å². The normalized spacial score (nSPS) is 26.7. The Bertz CT molecular complexity index is 991. The highest BCUT2D eigenvalue weighted by Crippen LogP contribution is 2.47. The fourth-order valence-electron chi connectivity index (χ4n) is 4.65. The van der Waals surface area contributed by atoms with Gasteiger partial charge in [-0.2, -0.15) is 4.31 Å². The summed E-state index contributed by atoms with van der Waals surface area (Å²) in [5.74, 6) is 0.265. The number of nitrogens with one attached hydrogen (secondary N) is 1. The van der Waals surface area contributed by atoms with E-state index in [1.165, 1.54) is 4.31 Å². The maximum absolute atomic E-state index is 13.2. The van der Waals surface area contributed by atoms with Gasteiger partial charge < -0.3 is 15.1 Å². The summed E-state index contributed by atoms with van der Waals surface area (Å²) in [6.45, 7) is 3.05. The van der Waals surface area contributed by atoms with E-state index in [1.54, 1.807) is 34.9 Å². The molecule has 10 heteroatoms. The number of benzene rings is 1. The highest BCUT2D eigenvalue weighted by atomic mass is 32.2. The van der Waals surface area contributed by atoms with Crippen molar-refractivity contribution in [2.24, 2.45) is 0 Å². The van der Waals surface area contributed by atoms with Gasteiger partial charge in [0.1, 0.15) is 6.04 Å². The number of thioether (sulfide) groups is 1. The van der Waals surface area contributed by atoms with Crippen molar-refractivity contribution in [1.82, 2.24) is 9.21 Å². The van der Waals surface area contributed by atoms with E-state index in [2.05, 4.69) is 5.32 Å². The number of rotatable bonds is 5. The maximum Gasteiger partial charge on any atom is 0.248 e. The van der Waals surface area contributed by atoms with Crippen LogP contribution in [0.1, 0.15) is 39.0 Å². The van der Waals surface area contributed by atoms with Crippen LogP contribution in [0.25, 0.3) is 0 Å². The number of carbonyl (C=O) groups excluding carboxylic acids is 2. The minimum atomic E-state index is -3.62. The second-order valence-electron chi connectivity index (χ2n) is 8.79. The molecule has 0 unspecified atom stereocenters. The van der Waals surface area contributed by atoms with Crippen LogP contribution in [0, 0.1) is 0 Å². The molecule has 31 heavy (non-hydrogen) atoms. The van der Waals surface area contributed by atoms with Crippen molar-refractivity contribution >= 4 is 45.0 Å². The minimum absolute atomic E-state index is 0.00177. The lowest BCUT2D eigenvalue weighted by Crippen LogP contribution is -2.48. The van der Waals surface area contributed by atoms with Crippen LogP contribution in [0.15, 0.2) is 23.1 Å². The lowest BCUT2D eigenvalue weighted by atomic mass is 10.2. The Morgan fingerprint density at radius 2 is 1.94 bits per heavy atom. The minimum Gasteiger partial charge on any atom is -0.376 e. The molecule has 3 aliphatic heterocycles. The zero-order valence-corrected chi connectivity index (χ0v) is 19.9. The molecule has 0 saturated carbocycles. The highest BCUT2D eigenvalue weighted by Gasteiger charge is 2.53. The Morgan fingerprint density at radius 3 is 2.61 bits per heavy atom. The van der Waals surface area contributed by atoms with Crippen LogP contribution in [-0.2, 0) is 19.6 Å². The Labute approximate surface area is 188 Å². The highest BCUT2D eigenvalue weighted by molar-refractivity contribution is 8.01. The summed E-state index contributed by atoms with van der Waals surface area (Å²) in [5, 5.41) is 2.93. The first-order valence-corrected chi connectivity index (χ1v) is 13.1. The molecule has 0 radical (unpaired) electrons. The van der Waals surface area contributed by atoms with Crippen LogP contribution in [0.3, 0.4) is 0 Å². The molecule has 3 aliphatic rings. The van der Waals surface area contributed by atoms with Gasteiger partial charge in [-0.25, -0.2) is 8.42 Å². The quantitative estimate of drug-likeness (QED) is 0.716. The lowest BCUT2D eigenvalue weighted by molar-refractivity contribution is -0.135. The SMILES string of the molecule is CN(C)c1ccc(S(=O)(=O)N2CCCCC2)cc1NC(=O)[C@@H]1CS[C@@]2(C)CCC(=O)N12. The summed E-state index contributed by atoms with van der Waals surface area (Å²) in [6, 6.07) is 4.31. The molecule has 2 amide bonds. The third kappa shape index (κ3) is 4.05. The number of hydrogen-bond donors (Lipinski definition) is 1. The lowest BCUT2D eigenvalue weighted by Gasteiger charge is -2.30. The molecule has 3 fully saturated rings. The van der Waals surface area contributed by atoms with E-state index in [0.29, 0.717) is 36.6 Å². The molecule has 0 bridgehead atoms. The van der Waals surface area contributed by atoms with E-state index in [1.807, 2.05) is 25.9 Å². The van der Waals surface area contributed by atoms with Gasteiger partial charge in [0, 0.05) is 39.4 Å². The largest absolute Gasteiger partial charge is 0.376 e. The van der Waals surface area contributed by atoms with Gasteiger partial charge in [0.05, 0.1) is 21.1 Å². The third-order valence-corrected chi connectivity index (χ3v) is 9.81. The summed E-state index contributed by atoms with van der Waals surface area (Å²) in [7, 11) is 0.0673. The van der Waals surface area contributed by atoms with Crippen molar-refractivity contribution in [3.63, 3.8) is 0 Å². The molecule has 0 aromatic heterocycles. The van der Waals surface area contributed by atoms with Gasteiger partial charge in [0.15, 0.2) is 0 Å². The second kappa shape index (κ2) is 8.29. The van der Waals surface area contributed by atoms with E-state index in [-0.39, 0.29) is 21.6 Å². The first kappa shape index (κ1) is 22.4. The summed E-state index contributed by atoms with van der Waals surface area (Å²) >= 11 is 1.63. The number of nitrogens with zero attached hydrogens (tertiary/aromatic N) is 3. The zero-order chi connectivity index (χ0) is 22.4. The molecule has 0 aliphatic carbocycles. The van der Waals surface area contributed by atoms with Crippen molar-refractivity contribution < 1.29 is 18.0 Å². The number of amides is 2. The Hall–Kier alpha value is -1.78. The monoisotopic (exact) mass is 466 g/mol. The van der Waals surface area contributed by atoms with Gasteiger partial charge in [-0.05, 0) is 44.4 Å². The van der Waals surface area contributed by atoms with Gasteiger partial charge in [-0.1, -0.05) is 6.42 Å². The van der Waals surface area contributed by atoms with Crippen LogP contribution < -0.4 is 10.2 Å². The molecule has 3 heterocycles. The standard InChI is InChI=1S/C21H30N4O4S2/c1-21-10-9-19(26)25(21)18(14-30-21)20(27)22-16-13-15(7-8-17(16)23(2)3)31(28,29)24-11-5-4-6-12-24/h7-8,13,18H,4-6,9-12,14H2,1-3H3,(H,22,27)/t18-,21-/m0/s1. The maximum atomic E-state index is 13.2. The molecule has 8 nitrogen and oxygen atoms in total. The van der Waals surface area contributed by atoms with Crippen molar-refractivity contribution in [3.8, 4) is 0 Å². The predicted molar refractivity (Wildman–Crippen MR) is 123 cm³/mol. The summed E-state index contributed by atoms with van der Waals surface area (Å²) in [5.41, 5.74) is 1.16. The molecular formula is C21H30N4O4S2. The summed E-state index contributed by atoms with van der Waals surface area (Å²) < 4.78 is 27.8. The van der Waals surface area contributed by atoms with Crippen LogP contribution >= 0.6 is 11.8 Å². The number of carbonyl (C=O) groups is 2. The first-order chi connectivity index (χ1) is 14.6. The molecule has 170 valence electrons. The number of sulfonamides is 1. The molecular weight excluding hydrogens is 436 g/mol. The first-order valence-electron chi connectivity index (χ1n) is 10.7. The van der Waals surface area contributed by atoms with E-state index < -0.39 is 16.1 Å². The molecule has 3 saturated heterocycles. The van der Waals surface area contributed by atoms with Crippen LogP contribution in [-0.4, -0.2) is 73.3 Å². The fraction of sp³-hybridized carbons (Fsp3) is 0.619. The third-order valence-electron chi connectivity index (χ3n) is 6.41. The van der Waals surface area contributed by atoms with Gasteiger partial charge in [0.25, 0.3) is 0 Å². The molecule has 0 spiro atoms. The molecule has 1 N–H and O–H groups in total. The van der Waals surface area contributed by atoms with Crippen molar-refractivity contribution in [2.45, 2.75) is 54.8 Å². The Kier molecular flexibility index (Phi) is 5.99. The fourth-order valence-corrected chi connectivity index (χ4v) is 7.63. The predicted octanol–water partition coefficient (Wildman–Crippen LogP) is 2.32. The number of fused-ring (bicyclic) bond motifs is 1. The number of hydrogen-bond acceptors (Lipinski definition) is 6. The topological polar surface area (TPSA) is 90.0 Å². The van der Waals surface area contributed by atoms with E-state index in [9.17, 15) is 18.0 Å². The zero-order valence-electron chi connectivity index (χ0n) is 18.3. The molecule has 4 rings (SSSR count). The van der Waals surface area contributed by atoms with Gasteiger partial charge in [-0.3, -0.25) is 9.59 Å². The molecule has 2 atom stereocenters. The van der Waals surface area contributed by atoms with Gasteiger partial charge >= 0.3 is 0 Å². The number of piperidine rings is 1. The van der Waals surface area contributed by atoms with Crippen molar-refractivity contribution in [3.05, 3.63) is 18.2 Å². The van der Waals surface area contributed by atoms with Crippen LogP contribution in [0.4, 0.5) is 11.4 Å². The van der Waals surface area contributed by atoms with E-state index in [0.717, 1.165) is 25.7 Å². The average Bonchev–Trinajstić information content (AvgIpc) is 3.24.